The first kappa shape index (κ1) is 17.7. The lowest BCUT2D eigenvalue weighted by Crippen LogP contribution is -2.10. The Labute approximate surface area is 147 Å². The Balaban J connectivity index is 2.42. The highest BCUT2D eigenvalue weighted by molar-refractivity contribution is 6.33. The van der Waals surface area contributed by atoms with E-state index < -0.39 is 17.5 Å². The van der Waals surface area contributed by atoms with Crippen LogP contribution >= 0.6 is 11.6 Å². The maximum atomic E-state index is 12.6. The number of rotatable bonds is 5. The summed E-state index contributed by atoms with van der Waals surface area (Å²) in [5.74, 6) is -1.73. The Kier molecular flexibility index (Phi) is 5.47. The van der Waals surface area contributed by atoms with Crippen molar-refractivity contribution in [3.8, 4) is 12.1 Å². The SMILES string of the molecule is N#CC(C#N)=NNc1cc(C(=O)c2ccccc2C(=O)O)ccc1Cl. The molecule has 0 unspecified atom stereocenters. The first-order valence-corrected chi connectivity index (χ1v) is 7.16. The van der Waals surface area contributed by atoms with Gasteiger partial charge in [0.15, 0.2) is 5.78 Å². The van der Waals surface area contributed by atoms with Crippen LogP contribution in [0.5, 0.6) is 0 Å². The standard InChI is InChI=1S/C17H9ClN4O3/c18-14-6-5-10(7-15(14)22-21-11(8-19)9-20)16(23)12-3-1-2-4-13(12)17(24)25/h1-7,22H,(H,24,25). The number of aromatic carboxylic acids is 1. The molecule has 0 spiro atoms. The van der Waals surface area contributed by atoms with Crippen LogP contribution in [0.3, 0.4) is 0 Å². The van der Waals surface area contributed by atoms with Gasteiger partial charge < -0.3 is 5.11 Å². The normalized spacial score (nSPS) is 9.40. The number of hydrogen-bond acceptors (Lipinski definition) is 6. The lowest BCUT2D eigenvalue weighted by Gasteiger charge is -2.08. The van der Waals surface area contributed by atoms with Crippen molar-refractivity contribution in [2.24, 2.45) is 5.10 Å². The van der Waals surface area contributed by atoms with Crippen molar-refractivity contribution in [2.45, 2.75) is 0 Å². The molecule has 2 aromatic carbocycles. The fraction of sp³-hybridized carbons (Fsp3) is 0. The molecule has 122 valence electrons. The van der Waals surface area contributed by atoms with E-state index in [1.165, 1.54) is 36.4 Å². The Hall–Kier alpha value is -3.68. The van der Waals surface area contributed by atoms with Crippen LogP contribution < -0.4 is 5.43 Å². The fourth-order valence-corrected chi connectivity index (χ4v) is 2.13. The first-order valence-electron chi connectivity index (χ1n) is 6.78. The first-order chi connectivity index (χ1) is 12.0. The maximum Gasteiger partial charge on any atom is 0.336 e. The molecule has 8 heteroatoms. The molecule has 0 radical (unpaired) electrons. The van der Waals surface area contributed by atoms with Gasteiger partial charge in [-0.15, -0.1) is 0 Å². The van der Waals surface area contributed by atoms with Crippen LogP contribution in [0.25, 0.3) is 0 Å². The van der Waals surface area contributed by atoms with E-state index in [2.05, 4.69) is 10.5 Å². The number of halogens is 1. The fourth-order valence-electron chi connectivity index (χ4n) is 1.97. The zero-order chi connectivity index (χ0) is 18.4. The second kappa shape index (κ2) is 7.73. The molecule has 0 aliphatic heterocycles. The van der Waals surface area contributed by atoms with Crippen molar-refractivity contribution >= 4 is 34.8 Å². The quantitative estimate of drug-likeness (QED) is 0.483. The molecule has 0 fully saturated rings. The van der Waals surface area contributed by atoms with Gasteiger partial charge >= 0.3 is 5.97 Å². The van der Waals surface area contributed by atoms with Crippen LogP contribution in [0.2, 0.25) is 5.02 Å². The Morgan fingerprint density at radius 1 is 1.08 bits per heavy atom. The third kappa shape index (κ3) is 3.99. The molecule has 0 bridgehead atoms. The molecule has 2 N–H and O–H groups in total. The minimum absolute atomic E-state index is 0.0292. The Morgan fingerprint density at radius 2 is 1.72 bits per heavy atom. The predicted octanol–water partition coefficient (Wildman–Crippen LogP) is 3.08. The van der Waals surface area contributed by atoms with Gasteiger partial charge in [-0.05, 0) is 24.3 Å². The van der Waals surface area contributed by atoms with E-state index in [0.717, 1.165) is 0 Å². The average molecular weight is 353 g/mol. The summed E-state index contributed by atoms with van der Waals surface area (Å²) in [5, 5.41) is 30.3. The Bertz CT molecular complexity index is 955. The van der Waals surface area contributed by atoms with Crippen LogP contribution in [0, 0.1) is 22.7 Å². The second-order valence-corrected chi connectivity index (χ2v) is 5.08. The number of anilines is 1. The summed E-state index contributed by atoms with van der Waals surface area (Å²) in [4.78, 5) is 23.9. The van der Waals surface area contributed by atoms with Crippen molar-refractivity contribution in [3.63, 3.8) is 0 Å². The van der Waals surface area contributed by atoms with Gasteiger partial charge in [-0.2, -0.15) is 15.6 Å². The highest BCUT2D eigenvalue weighted by atomic mass is 35.5. The van der Waals surface area contributed by atoms with Gasteiger partial charge in [-0.3, -0.25) is 10.2 Å². The maximum absolute atomic E-state index is 12.6. The molecule has 0 saturated carbocycles. The van der Waals surface area contributed by atoms with E-state index in [1.54, 1.807) is 18.2 Å². The summed E-state index contributed by atoms with van der Waals surface area (Å²) in [6.45, 7) is 0. The molecule has 0 aliphatic rings. The zero-order valence-electron chi connectivity index (χ0n) is 12.5. The molecule has 0 amide bonds. The lowest BCUT2D eigenvalue weighted by molar-refractivity contribution is 0.0693. The average Bonchev–Trinajstić information content (AvgIpc) is 2.63. The van der Waals surface area contributed by atoms with Crippen molar-refractivity contribution in [3.05, 3.63) is 64.2 Å². The molecule has 7 nitrogen and oxygen atoms in total. The number of nitrogens with one attached hydrogen (secondary N) is 1. The molecule has 2 aromatic rings. The number of nitrogens with zero attached hydrogens (tertiary/aromatic N) is 3. The minimum atomic E-state index is -1.21. The van der Waals surface area contributed by atoms with E-state index in [-0.39, 0.29) is 27.4 Å². The summed E-state index contributed by atoms with van der Waals surface area (Å²) in [6.07, 6.45) is 0. The lowest BCUT2D eigenvalue weighted by atomic mass is 9.98. The van der Waals surface area contributed by atoms with Crippen LogP contribution in [0.4, 0.5) is 5.69 Å². The minimum Gasteiger partial charge on any atom is -0.478 e. The van der Waals surface area contributed by atoms with Crippen molar-refractivity contribution in [2.75, 3.05) is 5.43 Å². The van der Waals surface area contributed by atoms with Crippen molar-refractivity contribution in [1.29, 1.82) is 10.5 Å². The van der Waals surface area contributed by atoms with Gasteiger partial charge in [0, 0.05) is 11.1 Å². The summed E-state index contributed by atoms with van der Waals surface area (Å²) in [6, 6.07) is 13.2. The number of carbonyl (C=O) groups is 2. The van der Waals surface area contributed by atoms with E-state index in [9.17, 15) is 14.7 Å². The summed E-state index contributed by atoms with van der Waals surface area (Å²) in [7, 11) is 0. The van der Waals surface area contributed by atoms with Gasteiger partial charge in [0.25, 0.3) is 0 Å². The molecule has 0 heterocycles. The van der Waals surface area contributed by atoms with Gasteiger partial charge in [-0.1, -0.05) is 29.8 Å². The second-order valence-electron chi connectivity index (χ2n) is 4.67. The summed E-state index contributed by atoms with van der Waals surface area (Å²) >= 11 is 6.00. The molecule has 0 saturated heterocycles. The molecule has 0 atom stereocenters. The van der Waals surface area contributed by atoms with Gasteiger partial charge in [-0.25, -0.2) is 4.79 Å². The van der Waals surface area contributed by atoms with Crippen LogP contribution in [-0.2, 0) is 0 Å². The van der Waals surface area contributed by atoms with Crippen molar-refractivity contribution in [1.82, 2.24) is 0 Å². The number of benzene rings is 2. The molecular weight excluding hydrogens is 344 g/mol. The molecule has 0 aliphatic carbocycles. The van der Waals surface area contributed by atoms with Crippen LogP contribution in [0.1, 0.15) is 26.3 Å². The molecular formula is C17H9ClN4O3. The number of carboxylic acids is 1. The highest BCUT2D eigenvalue weighted by Gasteiger charge is 2.18. The molecule has 2 rings (SSSR count). The smallest absolute Gasteiger partial charge is 0.336 e. The highest BCUT2D eigenvalue weighted by Crippen LogP contribution is 2.25. The predicted molar refractivity (Wildman–Crippen MR) is 90.6 cm³/mol. The van der Waals surface area contributed by atoms with E-state index in [0.29, 0.717) is 0 Å². The largest absolute Gasteiger partial charge is 0.478 e. The Morgan fingerprint density at radius 3 is 2.32 bits per heavy atom. The number of carboxylic acid groups (broad SMARTS) is 1. The number of ketones is 1. The summed E-state index contributed by atoms with van der Waals surface area (Å²) < 4.78 is 0. The van der Waals surface area contributed by atoms with Crippen LogP contribution in [-0.4, -0.2) is 22.6 Å². The van der Waals surface area contributed by atoms with Gasteiger partial charge in [0.05, 0.1) is 16.3 Å². The number of nitriles is 2. The number of hydrogen-bond donors (Lipinski definition) is 2. The number of carbonyl (C=O) groups excluding carboxylic acids is 1. The topological polar surface area (TPSA) is 126 Å². The summed E-state index contributed by atoms with van der Waals surface area (Å²) in [5.41, 5.74) is 2.31. The van der Waals surface area contributed by atoms with E-state index in [4.69, 9.17) is 22.1 Å². The monoisotopic (exact) mass is 352 g/mol. The van der Waals surface area contributed by atoms with Crippen molar-refractivity contribution < 1.29 is 14.7 Å². The van der Waals surface area contributed by atoms with Gasteiger partial charge in [0.1, 0.15) is 12.1 Å². The molecule has 25 heavy (non-hydrogen) atoms. The van der Waals surface area contributed by atoms with Crippen LogP contribution in [0.15, 0.2) is 47.6 Å². The zero-order valence-corrected chi connectivity index (χ0v) is 13.3. The van der Waals surface area contributed by atoms with E-state index >= 15 is 0 Å². The van der Waals surface area contributed by atoms with E-state index in [1.807, 2.05) is 0 Å². The number of hydrazone groups is 1. The molecule has 0 aromatic heterocycles. The van der Waals surface area contributed by atoms with Gasteiger partial charge in [0.2, 0.25) is 5.71 Å². The third-order valence-electron chi connectivity index (χ3n) is 3.13. The third-order valence-corrected chi connectivity index (χ3v) is 3.46.